The standard InChI is InChI=1S/C9H12ClN5O2S/c1-18(16,17)12-5-4-11-9-13-8-3-2-7(10)6-15(8)14-9/h2-3,6,12H,4-5H2,1H3,(H,11,14). The van der Waals surface area contributed by atoms with Gasteiger partial charge in [0.15, 0.2) is 5.65 Å². The van der Waals surface area contributed by atoms with E-state index >= 15 is 0 Å². The fraction of sp³-hybridized carbons (Fsp3) is 0.333. The van der Waals surface area contributed by atoms with Crippen molar-refractivity contribution in [1.82, 2.24) is 19.3 Å². The Morgan fingerprint density at radius 1 is 1.39 bits per heavy atom. The van der Waals surface area contributed by atoms with E-state index in [1.54, 1.807) is 22.8 Å². The normalized spacial score (nSPS) is 11.9. The molecule has 0 bridgehead atoms. The lowest BCUT2D eigenvalue weighted by Gasteiger charge is -2.01. The van der Waals surface area contributed by atoms with Crippen molar-refractivity contribution in [2.45, 2.75) is 0 Å². The van der Waals surface area contributed by atoms with E-state index in [-0.39, 0.29) is 6.54 Å². The number of hydrogen-bond acceptors (Lipinski definition) is 5. The van der Waals surface area contributed by atoms with E-state index in [9.17, 15) is 8.42 Å². The summed E-state index contributed by atoms with van der Waals surface area (Å²) in [6.45, 7) is 0.673. The van der Waals surface area contributed by atoms with Crippen molar-refractivity contribution in [2.24, 2.45) is 0 Å². The summed E-state index contributed by atoms with van der Waals surface area (Å²) in [6.07, 6.45) is 2.75. The molecule has 2 aromatic rings. The molecule has 0 atom stereocenters. The molecule has 0 aromatic carbocycles. The number of pyridine rings is 1. The molecular weight excluding hydrogens is 278 g/mol. The van der Waals surface area contributed by atoms with E-state index in [1.165, 1.54) is 0 Å². The van der Waals surface area contributed by atoms with Gasteiger partial charge in [-0.25, -0.2) is 17.7 Å². The van der Waals surface area contributed by atoms with Gasteiger partial charge in [-0.15, -0.1) is 5.10 Å². The molecule has 0 fully saturated rings. The SMILES string of the molecule is CS(=O)(=O)NCCNc1nc2ccc(Cl)cn2n1. The third-order valence-electron chi connectivity index (χ3n) is 2.07. The van der Waals surface area contributed by atoms with Gasteiger partial charge in [-0.2, -0.15) is 4.98 Å². The Morgan fingerprint density at radius 2 is 2.17 bits per heavy atom. The number of anilines is 1. The van der Waals surface area contributed by atoms with Crippen LogP contribution in [0.3, 0.4) is 0 Å². The number of nitrogens with one attached hydrogen (secondary N) is 2. The molecule has 0 saturated heterocycles. The lowest BCUT2D eigenvalue weighted by Crippen LogP contribution is -2.27. The molecule has 0 aliphatic rings. The molecule has 0 amide bonds. The van der Waals surface area contributed by atoms with Crippen LogP contribution in [0, 0.1) is 0 Å². The van der Waals surface area contributed by atoms with Crippen LogP contribution in [0.15, 0.2) is 18.3 Å². The Morgan fingerprint density at radius 3 is 2.89 bits per heavy atom. The van der Waals surface area contributed by atoms with Crippen molar-refractivity contribution in [2.75, 3.05) is 24.7 Å². The molecule has 0 aliphatic heterocycles. The van der Waals surface area contributed by atoms with Gasteiger partial charge in [0.05, 0.1) is 11.3 Å². The third-order valence-corrected chi connectivity index (χ3v) is 3.02. The number of sulfonamides is 1. The predicted molar refractivity (Wildman–Crippen MR) is 69.3 cm³/mol. The van der Waals surface area contributed by atoms with Crippen LogP contribution in [-0.2, 0) is 10.0 Å². The number of hydrogen-bond donors (Lipinski definition) is 2. The molecule has 0 spiro atoms. The van der Waals surface area contributed by atoms with E-state index in [0.29, 0.717) is 23.2 Å². The fourth-order valence-electron chi connectivity index (χ4n) is 1.34. The van der Waals surface area contributed by atoms with Crippen molar-refractivity contribution >= 4 is 33.2 Å². The second kappa shape index (κ2) is 5.09. The van der Waals surface area contributed by atoms with Crippen LogP contribution in [0.25, 0.3) is 5.65 Å². The maximum Gasteiger partial charge on any atom is 0.243 e. The van der Waals surface area contributed by atoms with E-state index in [1.807, 2.05) is 0 Å². The minimum Gasteiger partial charge on any atom is -0.352 e. The summed E-state index contributed by atoms with van der Waals surface area (Å²) in [5.41, 5.74) is 0.665. The summed E-state index contributed by atoms with van der Waals surface area (Å²) >= 11 is 5.82. The van der Waals surface area contributed by atoms with Gasteiger partial charge in [-0.3, -0.25) is 0 Å². The monoisotopic (exact) mass is 289 g/mol. The Labute approximate surface area is 109 Å². The average molecular weight is 290 g/mol. The second-order valence-electron chi connectivity index (χ2n) is 3.68. The molecule has 0 radical (unpaired) electrons. The van der Waals surface area contributed by atoms with E-state index < -0.39 is 10.0 Å². The van der Waals surface area contributed by atoms with Crippen LogP contribution in [0.4, 0.5) is 5.95 Å². The number of nitrogens with zero attached hydrogens (tertiary/aromatic N) is 3. The van der Waals surface area contributed by atoms with Gasteiger partial charge in [0, 0.05) is 19.3 Å². The highest BCUT2D eigenvalue weighted by Gasteiger charge is 2.04. The molecule has 2 heterocycles. The van der Waals surface area contributed by atoms with Gasteiger partial charge in [-0.05, 0) is 12.1 Å². The van der Waals surface area contributed by atoms with Gasteiger partial charge < -0.3 is 5.32 Å². The molecule has 2 rings (SSSR count). The molecule has 0 aliphatic carbocycles. The van der Waals surface area contributed by atoms with Crippen LogP contribution in [0.2, 0.25) is 5.02 Å². The molecule has 98 valence electrons. The zero-order valence-electron chi connectivity index (χ0n) is 9.59. The Bertz CT molecular complexity index is 654. The van der Waals surface area contributed by atoms with Gasteiger partial charge in [0.25, 0.3) is 0 Å². The highest BCUT2D eigenvalue weighted by atomic mass is 35.5. The summed E-state index contributed by atoms with van der Waals surface area (Å²) < 4.78 is 25.6. The number of halogens is 1. The number of aromatic nitrogens is 3. The summed E-state index contributed by atoms with van der Waals surface area (Å²) in [6, 6.07) is 3.47. The molecular formula is C9H12ClN5O2S. The highest BCUT2D eigenvalue weighted by molar-refractivity contribution is 7.88. The fourth-order valence-corrected chi connectivity index (χ4v) is 1.97. The molecule has 0 saturated carbocycles. The van der Waals surface area contributed by atoms with Crippen molar-refractivity contribution < 1.29 is 8.42 Å². The maximum absolute atomic E-state index is 10.8. The zero-order chi connectivity index (χ0) is 13.2. The van der Waals surface area contributed by atoms with E-state index in [0.717, 1.165) is 6.26 Å². The van der Waals surface area contributed by atoms with Crippen molar-refractivity contribution in [3.05, 3.63) is 23.4 Å². The average Bonchev–Trinajstić information content (AvgIpc) is 2.65. The topological polar surface area (TPSA) is 88.4 Å². The lowest BCUT2D eigenvalue weighted by atomic mass is 10.5. The van der Waals surface area contributed by atoms with E-state index in [2.05, 4.69) is 20.1 Å². The summed E-state index contributed by atoms with van der Waals surface area (Å²) in [5, 5.41) is 7.62. The van der Waals surface area contributed by atoms with Gasteiger partial charge in [-0.1, -0.05) is 11.6 Å². The van der Waals surface area contributed by atoms with Crippen LogP contribution >= 0.6 is 11.6 Å². The van der Waals surface area contributed by atoms with Crippen molar-refractivity contribution in [3.63, 3.8) is 0 Å². The number of rotatable bonds is 5. The highest BCUT2D eigenvalue weighted by Crippen LogP contribution is 2.10. The van der Waals surface area contributed by atoms with Crippen LogP contribution in [0.1, 0.15) is 0 Å². The van der Waals surface area contributed by atoms with Crippen LogP contribution in [0.5, 0.6) is 0 Å². The lowest BCUT2D eigenvalue weighted by molar-refractivity contribution is 0.589. The second-order valence-corrected chi connectivity index (χ2v) is 5.95. The third kappa shape index (κ3) is 3.56. The largest absolute Gasteiger partial charge is 0.352 e. The molecule has 18 heavy (non-hydrogen) atoms. The van der Waals surface area contributed by atoms with Gasteiger partial charge in [0.1, 0.15) is 0 Å². The Hall–Kier alpha value is -1.38. The van der Waals surface area contributed by atoms with E-state index in [4.69, 9.17) is 11.6 Å². The predicted octanol–water partition coefficient (Wildman–Crippen LogP) is 0.344. The van der Waals surface area contributed by atoms with Gasteiger partial charge in [0.2, 0.25) is 16.0 Å². The minimum atomic E-state index is -3.16. The first-order valence-corrected chi connectivity index (χ1v) is 7.41. The summed E-state index contributed by atoms with van der Waals surface area (Å²) in [5.74, 6) is 0.424. The molecule has 9 heteroatoms. The molecule has 0 unspecified atom stereocenters. The molecule has 2 N–H and O–H groups in total. The first kappa shape index (κ1) is 13.1. The first-order chi connectivity index (χ1) is 8.44. The first-order valence-electron chi connectivity index (χ1n) is 5.14. The smallest absolute Gasteiger partial charge is 0.243 e. The van der Waals surface area contributed by atoms with Gasteiger partial charge >= 0.3 is 0 Å². The molecule has 7 nitrogen and oxygen atoms in total. The summed E-state index contributed by atoms with van der Waals surface area (Å²) in [7, 11) is -3.16. The number of fused-ring (bicyclic) bond motifs is 1. The summed E-state index contributed by atoms with van der Waals surface area (Å²) in [4.78, 5) is 4.19. The Kier molecular flexibility index (Phi) is 3.69. The maximum atomic E-state index is 10.8. The van der Waals surface area contributed by atoms with Crippen LogP contribution < -0.4 is 10.0 Å². The molecule has 2 aromatic heterocycles. The van der Waals surface area contributed by atoms with Crippen LogP contribution in [-0.4, -0.2) is 42.4 Å². The zero-order valence-corrected chi connectivity index (χ0v) is 11.2. The quantitative estimate of drug-likeness (QED) is 0.775. The Balaban J connectivity index is 1.96. The minimum absolute atomic E-state index is 0.273. The van der Waals surface area contributed by atoms with Crippen molar-refractivity contribution in [3.8, 4) is 0 Å². The van der Waals surface area contributed by atoms with Crippen molar-refractivity contribution in [1.29, 1.82) is 0 Å².